The van der Waals surface area contributed by atoms with Crippen molar-refractivity contribution in [2.24, 2.45) is 12.0 Å². The van der Waals surface area contributed by atoms with Gasteiger partial charge in [-0.3, -0.25) is 9.78 Å². The highest BCUT2D eigenvalue weighted by molar-refractivity contribution is 7.91. The molecule has 0 atom stereocenters. The SMILES string of the molecule is CCS(=O)(=O)c1cc(-c2cc(C(F)(F)F)ccn2)cnc1C(=O)N=c1sc(C(F)(F)F)nn1C. The van der Waals surface area contributed by atoms with Crippen LogP contribution in [0.15, 0.2) is 40.5 Å². The number of carbonyl (C=O) groups excluding carboxylic acids is 1. The molecule has 0 aliphatic heterocycles. The van der Waals surface area contributed by atoms with Crippen molar-refractivity contribution in [2.75, 3.05) is 5.75 Å². The van der Waals surface area contributed by atoms with Crippen molar-refractivity contribution in [1.29, 1.82) is 0 Å². The maximum atomic E-state index is 13.0. The molecule has 3 rings (SSSR count). The van der Waals surface area contributed by atoms with Gasteiger partial charge in [-0.15, -0.1) is 0 Å². The highest BCUT2D eigenvalue weighted by atomic mass is 32.2. The summed E-state index contributed by atoms with van der Waals surface area (Å²) in [6.45, 7) is 1.26. The Balaban J connectivity index is 2.15. The first-order chi connectivity index (χ1) is 15.6. The number of sulfone groups is 1. The summed E-state index contributed by atoms with van der Waals surface area (Å²) in [5.41, 5.74) is -2.13. The number of aromatic nitrogens is 4. The lowest BCUT2D eigenvalue weighted by Crippen LogP contribution is -2.18. The van der Waals surface area contributed by atoms with Crippen LogP contribution in [0.1, 0.15) is 28.0 Å². The molecule has 0 aliphatic carbocycles. The van der Waals surface area contributed by atoms with E-state index in [9.17, 15) is 39.6 Å². The molecule has 0 bridgehead atoms. The van der Waals surface area contributed by atoms with Gasteiger partial charge in [0, 0.05) is 25.0 Å². The zero-order valence-electron chi connectivity index (χ0n) is 17.1. The van der Waals surface area contributed by atoms with Crippen molar-refractivity contribution in [1.82, 2.24) is 19.7 Å². The van der Waals surface area contributed by atoms with Crippen LogP contribution in [-0.2, 0) is 29.2 Å². The van der Waals surface area contributed by atoms with Gasteiger partial charge in [0.2, 0.25) is 9.81 Å². The van der Waals surface area contributed by atoms with Gasteiger partial charge in [0.25, 0.3) is 5.91 Å². The minimum atomic E-state index is -4.78. The fourth-order valence-corrected chi connectivity index (χ4v) is 4.41. The van der Waals surface area contributed by atoms with Gasteiger partial charge in [-0.2, -0.15) is 36.4 Å². The van der Waals surface area contributed by atoms with Crippen LogP contribution in [0.25, 0.3) is 11.3 Å². The fraction of sp³-hybridized carbons (Fsp3) is 0.278. The second kappa shape index (κ2) is 8.90. The number of pyridine rings is 2. The van der Waals surface area contributed by atoms with E-state index in [-0.39, 0.29) is 22.6 Å². The molecule has 0 aliphatic rings. The van der Waals surface area contributed by atoms with E-state index >= 15 is 0 Å². The number of alkyl halides is 6. The third-order valence-electron chi connectivity index (χ3n) is 4.30. The first-order valence-corrected chi connectivity index (χ1v) is 11.6. The normalized spacial score (nSPS) is 13.4. The molecule has 3 aromatic heterocycles. The molecule has 3 aromatic rings. The average Bonchev–Trinajstić information content (AvgIpc) is 3.13. The van der Waals surface area contributed by atoms with E-state index < -0.39 is 59.8 Å². The van der Waals surface area contributed by atoms with E-state index in [1.165, 1.54) is 6.92 Å². The van der Waals surface area contributed by atoms with Crippen molar-refractivity contribution >= 4 is 27.1 Å². The second-order valence-corrected chi connectivity index (χ2v) is 9.83. The Morgan fingerprint density at radius 1 is 1.12 bits per heavy atom. The summed E-state index contributed by atoms with van der Waals surface area (Å²) < 4.78 is 104. The summed E-state index contributed by atoms with van der Waals surface area (Å²) in [4.78, 5) is 22.6. The molecule has 0 saturated carbocycles. The quantitative estimate of drug-likeness (QED) is 0.483. The maximum absolute atomic E-state index is 13.0. The van der Waals surface area contributed by atoms with Gasteiger partial charge in [0.05, 0.1) is 21.9 Å². The van der Waals surface area contributed by atoms with Crippen LogP contribution in [-0.4, -0.2) is 39.8 Å². The Hall–Kier alpha value is -3.14. The topological polar surface area (TPSA) is 107 Å². The number of hydrogen-bond donors (Lipinski definition) is 0. The number of nitrogens with zero attached hydrogens (tertiary/aromatic N) is 5. The molecule has 0 unspecified atom stereocenters. The molecule has 0 N–H and O–H groups in total. The molecule has 0 aromatic carbocycles. The van der Waals surface area contributed by atoms with Crippen LogP contribution in [0.5, 0.6) is 0 Å². The molecule has 1 amide bonds. The van der Waals surface area contributed by atoms with Crippen LogP contribution < -0.4 is 4.80 Å². The molecule has 0 saturated heterocycles. The van der Waals surface area contributed by atoms with Gasteiger partial charge in [0.15, 0.2) is 9.84 Å². The third-order valence-corrected chi connectivity index (χ3v) is 7.08. The van der Waals surface area contributed by atoms with E-state index in [4.69, 9.17) is 0 Å². The summed E-state index contributed by atoms with van der Waals surface area (Å²) in [7, 11) is -3.05. The number of aryl methyl sites for hydroxylation is 1. The van der Waals surface area contributed by atoms with Crippen LogP contribution in [0, 0.1) is 0 Å². The third kappa shape index (κ3) is 5.32. The Morgan fingerprint density at radius 3 is 2.35 bits per heavy atom. The van der Waals surface area contributed by atoms with Crippen LogP contribution in [0.4, 0.5) is 26.3 Å². The highest BCUT2D eigenvalue weighted by Crippen LogP contribution is 2.32. The summed E-state index contributed by atoms with van der Waals surface area (Å²) in [6, 6.07) is 2.33. The van der Waals surface area contributed by atoms with E-state index in [2.05, 4.69) is 20.1 Å². The van der Waals surface area contributed by atoms with Gasteiger partial charge in [-0.1, -0.05) is 18.3 Å². The van der Waals surface area contributed by atoms with E-state index in [1.807, 2.05) is 0 Å². The lowest BCUT2D eigenvalue weighted by atomic mass is 10.1. The summed E-state index contributed by atoms with van der Waals surface area (Å²) in [5, 5.41) is 1.95. The standard InChI is InChI=1S/C18H13F6N5O3S2/c1-3-34(31,32)12-6-9(11-7-10(4-5-25-11)17(19,20)21)8-26-13(12)14(30)27-16-29(2)28-15(33-16)18(22,23)24/h4-8H,3H2,1-2H3. The van der Waals surface area contributed by atoms with E-state index in [0.717, 1.165) is 31.6 Å². The minimum absolute atomic E-state index is 0.0580. The van der Waals surface area contributed by atoms with Crippen LogP contribution in [0.2, 0.25) is 0 Å². The van der Waals surface area contributed by atoms with Gasteiger partial charge in [-0.05, 0) is 18.2 Å². The lowest BCUT2D eigenvalue weighted by Gasteiger charge is -2.10. The number of hydrogen-bond acceptors (Lipinski definition) is 7. The molecule has 3 heterocycles. The van der Waals surface area contributed by atoms with Crippen LogP contribution in [0.3, 0.4) is 0 Å². The van der Waals surface area contributed by atoms with Crippen molar-refractivity contribution in [2.45, 2.75) is 24.2 Å². The van der Waals surface area contributed by atoms with Gasteiger partial charge in [-0.25, -0.2) is 18.1 Å². The Bertz CT molecular complexity index is 1420. The summed E-state index contributed by atoms with van der Waals surface area (Å²) >= 11 is 0.0580. The number of halogens is 6. The predicted molar refractivity (Wildman–Crippen MR) is 106 cm³/mol. The zero-order valence-corrected chi connectivity index (χ0v) is 18.8. The maximum Gasteiger partial charge on any atom is 0.445 e. The van der Waals surface area contributed by atoms with Crippen molar-refractivity contribution < 1.29 is 39.6 Å². The summed E-state index contributed by atoms with van der Waals surface area (Å²) in [5.74, 6) is -1.77. The van der Waals surface area contributed by atoms with Crippen molar-refractivity contribution in [3.8, 4) is 11.3 Å². The molecular formula is C18H13F6N5O3S2. The zero-order chi connectivity index (χ0) is 25.5. The van der Waals surface area contributed by atoms with Gasteiger partial charge >= 0.3 is 12.4 Å². The smallest absolute Gasteiger partial charge is 0.265 e. The lowest BCUT2D eigenvalue weighted by molar-refractivity contribution is -0.138. The Labute approximate surface area is 191 Å². The first-order valence-electron chi connectivity index (χ1n) is 9.10. The van der Waals surface area contributed by atoms with Gasteiger partial charge in [0.1, 0.15) is 5.69 Å². The fourth-order valence-electron chi connectivity index (χ4n) is 2.60. The predicted octanol–water partition coefficient (Wildman–Crippen LogP) is 3.51. The van der Waals surface area contributed by atoms with E-state index in [1.54, 1.807) is 0 Å². The van der Waals surface area contributed by atoms with Crippen molar-refractivity contribution in [3.63, 3.8) is 0 Å². The largest absolute Gasteiger partial charge is 0.445 e. The molecule has 34 heavy (non-hydrogen) atoms. The number of rotatable bonds is 4. The molecular weight excluding hydrogens is 512 g/mol. The molecule has 182 valence electrons. The van der Waals surface area contributed by atoms with E-state index in [0.29, 0.717) is 10.7 Å². The molecule has 8 nitrogen and oxygen atoms in total. The van der Waals surface area contributed by atoms with Crippen LogP contribution >= 0.6 is 11.3 Å². The average molecular weight is 525 g/mol. The number of amides is 1. The first kappa shape index (κ1) is 25.5. The Kier molecular flexibility index (Phi) is 6.67. The number of carbonyl (C=O) groups is 1. The molecule has 0 fully saturated rings. The molecule has 16 heteroatoms. The minimum Gasteiger partial charge on any atom is -0.265 e. The second-order valence-electron chi connectivity index (χ2n) is 6.63. The summed E-state index contributed by atoms with van der Waals surface area (Å²) in [6.07, 6.45) is -7.66. The van der Waals surface area contributed by atoms with Crippen molar-refractivity contribution in [3.05, 3.63) is 51.7 Å². The van der Waals surface area contributed by atoms with Gasteiger partial charge < -0.3 is 0 Å². The molecule has 0 radical (unpaired) electrons. The Morgan fingerprint density at radius 2 is 1.79 bits per heavy atom. The monoisotopic (exact) mass is 525 g/mol. The highest BCUT2D eigenvalue weighted by Gasteiger charge is 2.36. The molecule has 0 spiro atoms.